The summed E-state index contributed by atoms with van der Waals surface area (Å²) in [5.41, 5.74) is 7.20. The van der Waals surface area contributed by atoms with Crippen molar-refractivity contribution in [1.82, 2.24) is 19.7 Å². The predicted octanol–water partition coefficient (Wildman–Crippen LogP) is 4.32. The van der Waals surface area contributed by atoms with Crippen LogP contribution in [0.3, 0.4) is 0 Å². The fourth-order valence-electron chi connectivity index (χ4n) is 5.02. The molecule has 1 aliphatic carbocycles. The highest BCUT2D eigenvalue weighted by Crippen LogP contribution is 2.59. The van der Waals surface area contributed by atoms with Gasteiger partial charge in [0.2, 0.25) is 5.91 Å². The average Bonchev–Trinajstić information content (AvgIpc) is 3.14. The van der Waals surface area contributed by atoms with Crippen molar-refractivity contribution in [1.29, 1.82) is 0 Å². The molecule has 3 aromatic rings. The Morgan fingerprint density at radius 2 is 1.97 bits per heavy atom. The molecule has 0 spiro atoms. The Hall–Kier alpha value is -3.69. The molecule has 1 amide bonds. The maximum Gasteiger partial charge on any atom is 0.416 e. The smallest absolute Gasteiger partial charge is 0.383 e. The number of piperidine rings is 1. The van der Waals surface area contributed by atoms with Crippen LogP contribution in [0.4, 0.5) is 23.4 Å². The van der Waals surface area contributed by atoms with Gasteiger partial charge < -0.3 is 10.6 Å². The molecule has 0 unspecified atom stereocenters. The van der Waals surface area contributed by atoms with Crippen LogP contribution in [0, 0.1) is 5.92 Å². The molecule has 1 saturated heterocycles. The number of benzene rings is 1. The highest BCUT2D eigenvalue weighted by molar-refractivity contribution is 6.00. The van der Waals surface area contributed by atoms with Crippen LogP contribution in [0.25, 0.3) is 23.1 Å². The zero-order valence-corrected chi connectivity index (χ0v) is 18.2. The van der Waals surface area contributed by atoms with Gasteiger partial charge in [-0.1, -0.05) is 12.1 Å². The minimum Gasteiger partial charge on any atom is -0.383 e. The van der Waals surface area contributed by atoms with Crippen molar-refractivity contribution in [3.8, 4) is 0 Å². The van der Waals surface area contributed by atoms with E-state index in [4.69, 9.17) is 5.73 Å². The van der Waals surface area contributed by atoms with Crippen molar-refractivity contribution >= 4 is 34.8 Å². The molecule has 10 heteroatoms. The number of rotatable bonds is 4. The lowest BCUT2D eigenvalue weighted by Crippen LogP contribution is -2.31. The van der Waals surface area contributed by atoms with Gasteiger partial charge >= 0.3 is 6.18 Å². The van der Waals surface area contributed by atoms with Gasteiger partial charge in [0.15, 0.2) is 0 Å². The Balaban J connectivity index is 1.38. The maximum absolute atomic E-state index is 13.0. The van der Waals surface area contributed by atoms with Gasteiger partial charge in [0.1, 0.15) is 5.82 Å². The second-order valence-corrected chi connectivity index (χ2v) is 8.80. The largest absolute Gasteiger partial charge is 0.416 e. The first-order chi connectivity index (χ1) is 16.1. The molecule has 2 atom stereocenters. The van der Waals surface area contributed by atoms with Crippen molar-refractivity contribution in [2.24, 2.45) is 13.0 Å². The van der Waals surface area contributed by atoms with E-state index in [0.717, 1.165) is 30.2 Å². The summed E-state index contributed by atoms with van der Waals surface area (Å²) in [6, 6.07) is 5.22. The molecule has 1 aromatic carbocycles. The number of carbonyl (C=O) groups excluding carboxylic acids is 1. The van der Waals surface area contributed by atoms with Gasteiger partial charge in [-0.2, -0.15) is 18.3 Å². The third-order valence-corrected chi connectivity index (χ3v) is 6.84. The van der Waals surface area contributed by atoms with Crippen LogP contribution >= 0.6 is 0 Å². The van der Waals surface area contributed by atoms with Crippen LogP contribution in [0.1, 0.15) is 28.8 Å². The van der Waals surface area contributed by atoms with E-state index in [0.29, 0.717) is 35.9 Å². The molecular weight excluding hydrogens is 450 g/mol. The highest BCUT2D eigenvalue weighted by atomic mass is 19.4. The van der Waals surface area contributed by atoms with E-state index in [1.165, 1.54) is 18.2 Å². The molecule has 2 N–H and O–H groups in total. The van der Waals surface area contributed by atoms with Gasteiger partial charge in [-0.3, -0.25) is 9.48 Å². The number of nitrogen functional groups attached to an aromatic ring is 1. The SMILES string of the molecule is Cn1ncc2c(N)nc(/C=C/F)c(/C=C/C(=O)N3C[C@H]4C[C@@]4(c4ccc(C(F)(F)F)cc4)C3)c21. The summed E-state index contributed by atoms with van der Waals surface area (Å²) in [6.07, 6.45) is 2.51. The molecule has 34 heavy (non-hydrogen) atoms. The number of pyridine rings is 1. The van der Waals surface area contributed by atoms with Crippen LogP contribution in [-0.2, 0) is 23.4 Å². The average molecular weight is 471 g/mol. The number of alkyl halides is 3. The van der Waals surface area contributed by atoms with E-state index < -0.39 is 11.7 Å². The fraction of sp³-hybridized carbons (Fsp3) is 0.292. The number of anilines is 1. The highest BCUT2D eigenvalue weighted by Gasteiger charge is 2.61. The number of aryl methyl sites for hydroxylation is 1. The van der Waals surface area contributed by atoms with Crippen LogP contribution in [0.5, 0.6) is 0 Å². The second-order valence-electron chi connectivity index (χ2n) is 8.80. The van der Waals surface area contributed by atoms with E-state index in [9.17, 15) is 22.4 Å². The Labute approximate surface area is 192 Å². The summed E-state index contributed by atoms with van der Waals surface area (Å²) >= 11 is 0. The molecule has 1 aliphatic heterocycles. The molecule has 6 nitrogen and oxygen atoms in total. The van der Waals surface area contributed by atoms with Crippen molar-refractivity contribution in [3.05, 3.63) is 65.3 Å². The molecule has 0 bridgehead atoms. The number of fused-ring (bicyclic) bond motifs is 2. The number of likely N-dealkylation sites (tertiary alicyclic amines) is 1. The zero-order chi connectivity index (χ0) is 24.3. The number of nitrogens with zero attached hydrogens (tertiary/aromatic N) is 4. The van der Waals surface area contributed by atoms with Gasteiger partial charge in [0.05, 0.1) is 34.7 Å². The molecule has 2 aliphatic rings. The van der Waals surface area contributed by atoms with E-state index in [1.807, 2.05) is 0 Å². The normalized spacial score (nSPS) is 22.3. The molecular formula is C24H21F4N5O. The molecule has 0 radical (unpaired) electrons. The third kappa shape index (κ3) is 3.53. The lowest BCUT2D eigenvalue weighted by atomic mass is 9.94. The van der Waals surface area contributed by atoms with E-state index >= 15 is 0 Å². The predicted molar refractivity (Wildman–Crippen MR) is 120 cm³/mol. The van der Waals surface area contributed by atoms with Crippen molar-refractivity contribution in [2.45, 2.75) is 18.0 Å². The first kappa shape index (κ1) is 22.1. The van der Waals surface area contributed by atoms with Gasteiger partial charge in [-0.25, -0.2) is 9.37 Å². The quantitative estimate of drug-likeness (QED) is 0.454. The summed E-state index contributed by atoms with van der Waals surface area (Å²) < 4.78 is 53.2. The summed E-state index contributed by atoms with van der Waals surface area (Å²) in [7, 11) is 1.71. The third-order valence-electron chi connectivity index (χ3n) is 6.84. The van der Waals surface area contributed by atoms with E-state index in [2.05, 4.69) is 10.1 Å². The Bertz CT molecular complexity index is 1340. The number of hydrogen-bond donors (Lipinski definition) is 1. The van der Waals surface area contributed by atoms with E-state index in [-0.39, 0.29) is 28.8 Å². The number of amides is 1. The summed E-state index contributed by atoms with van der Waals surface area (Å²) in [6.45, 7) is 0.965. The topological polar surface area (TPSA) is 77.0 Å². The molecule has 5 rings (SSSR count). The first-order valence-corrected chi connectivity index (χ1v) is 10.7. The van der Waals surface area contributed by atoms with Crippen molar-refractivity contribution in [2.75, 3.05) is 18.8 Å². The standard InChI is InChI=1S/C24H21F4N5O/c1-32-21-17(19(8-9-25)31-22(29)18(21)11-30-32)6-7-20(34)33-12-16-10-23(16,13-33)14-2-4-15(5-3-14)24(26,27)28/h2-9,11,16H,10,12-13H2,1H3,(H2,29,31)/b7-6+,9-8+/t16-,23+/m1/s1. The number of halogens is 4. The van der Waals surface area contributed by atoms with Gasteiger partial charge in [0.25, 0.3) is 0 Å². The maximum atomic E-state index is 13.0. The minimum absolute atomic E-state index is 0.206. The second kappa shape index (κ2) is 7.68. The first-order valence-electron chi connectivity index (χ1n) is 10.7. The zero-order valence-electron chi connectivity index (χ0n) is 18.2. The fourth-order valence-corrected chi connectivity index (χ4v) is 5.02. The summed E-state index contributed by atoms with van der Waals surface area (Å²) in [5.74, 6) is 0.187. The van der Waals surface area contributed by atoms with Gasteiger partial charge in [-0.15, -0.1) is 0 Å². The summed E-state index contributed by atoms with van der Waals surface area (Å²) in [4.78, 5) is 18.9. The number of hydrogen-bond acceptors (Lipinski definition) is 4. The van der Waals surface area contributed by atoms with Crippen molar-refractivity contribution < 1.29 is 22.4 Å². The van der Waals surface area contributed by atoms with Crippen LogP contribution < -0.4 is 5.73 Å². The minimum atomic E-state index is -4.38. The van der Waals surface area contributed by atoms with Gasteiger partial charge in [-0.05, 0) is 42.2 Å². The number of nitrogens with two attached hydrogens (primary N) is 1. The molecule has 2 fully saturated rings. The van der Waals surface area contributed by atoms with Crippen molar-refractivity contribution in [3.63, 3.8) is 0 Å². The monoisotopic (exact) mass is 471 g/mol. The number of aromatic nitrogens is 3. The lowest BCUT2D eigenvalue weighted by Gasteiger charge is -2.20. The van der Waals surface area contributed by atoms with Crippen LogP contribution in [-0.4, -0.2) is 38.7 Å². The Morgan fingerprint density at radius 1 is 1.24 bits per heavy atom. The van der Waals surface area contributed by atoms with E-state index in [1.54, 1.807) is 28.9 Å². The molecule has 3 heterocycles. The molecule has 176 valence electrons. The number of carbonyl (C=O) groups is 1. The Kier molecular flexibility index (Phi) is 5.00. The lowest BCUT2D eigenvalue weighted by molar-refractivity contribution is -0.137. The summed E-state index contributed by atoms with van der Waals surface area (Å²) in [5, 5.41) is 4.77. The van der Waals surface area contributed by atoms with Crippen LogP contribution in [0.2, 0.25) is 0 Å². The van der Waals surface area contributed by atoms with Crippen LogP contribution in [0.15, 0.2) is 42.9 Å². The van der Waals surface area contributed by atoms with Gasteiger partial charge in [0, 0.05) is 37.2 Å². The molecule has 1 saturated carbocycles. The Morgan fingerprint density at radius 3 is 2.65 bits per heavy atom. The molecule has 2 aromatic heterocycles.